The van der Waals surface area contributed by atoms with Crippen LogP contribution in [0.1, 0.15) is 43.0 Å². The molecule has 1 aliphatic rings. The lowest BCUT2D eigenvalue weighted by atomic mass is 9.96. The Hall–Kier alpha value is -3.62. The van der Waals surface area contributed by atoms with E-state index in [-0.39, 0.29) is 25.0 Å². The van der Waals surface area contributed by atoms with Crippen LogP contribution in [-0.2, 0) is 17.5 Å². The summed E-state index contributed by atoms with van der Waals surface area (Å²) in [5.41, 5.74) is -3.11. The molecular formula is C20H22F4N8O3. The summed E-state index contributed by atoms with van der Waals surface area (Å²) < 4.78 is 63.2. The molecule has 3 aromatic heterocycles. The van der Waals surface area contributed by atoms with Gasteiger partial charge in [0.1, 0.15) is 12.2 Å². The number of H-pyrrole nitrogens is 1. The Labute approximate surface area is 195 Å². The van der Waals surface area contributed by atoms with Gasteiger partial charge in [0.15, 0.2) is 11.6 Å². The van der Waals surface area contributed by atoms with Gasteiger partial charge in [0.25, 0.3) is 11.4 Å². The highest BCUT2D eigenvalue weighted by Gasteiger charge is 2.37. The zero-order valence-electron chi connectivity index (χ0n) is 18.5. The van der Waals surface area contributed by atoms with Gasteiger partial charge in [0.2, 0.25) is 5.95 Å². The van der Waals surface area contributed by atoms with Gasteiger partial charge in [-0.05, 0) is 19.8 Å². The number of aromatic amines is 1. The lowest BCUT2D eigenvalue weighted by Crippen LogP contribution is -2.34. The van der Waals surface area contributed by atoms with E-state index in [4.69, 9.17) is 9.26 Å². The maximum absolute atomic E-state index is 13.1. The van der Waals surface area contributed by atoms with E-state index < -0.39 is 34.8 Å². The Morgan fingerprint density at radius 3 is 2.66 bits per heavy atom. The van der Waals surface area contributed by atoms with E-state index in [1.807, 2.05) is 4.90 Å². The highest BCUT2D eigenvalue weighted by atomic mass is 19.4. The van der Waals surface area contributed by atoms with E-state index >= 15 is 0 Å². The third-order valence-corrected chi connectivity index (χ3v) is 5.37. The molecule has 0 amide bonds. The molecule has 1 fully saturated rings. The molecule has 1 saturated heterocycles. The number of rotatable bonds is 8. The van der Waals surface area contributed by atoms with Gasteiger partial charge in [-0.15, -0.1) is 0 Å². The molecule has 0 spiro atoms. The van der Waals surface area contributed by atoms with E-state index in [9.17, 15) is 22.4 Å². The molecule has 4 rings (SSSR count). The number of ether oxygens (including phenoxy) is 1. The topological polar surface area (TPSA) is 135 Å². The SMILES string of the molecule is CC(COCc1nc(C2CCN(c3ncc(F)cn3)CC2)no1)Nc1cn[nH]c(=O)c1C(F)(F)F. The third kappa shape index (κ3) is 6.09. The van der Waals surface area contributed by atoms with Crippen molar-refractivity contribution in [2.24, 2.45) is 0 Å². The number of anilines is 2. The van der Waals surface area contributed by atoms with Gasteiger partial charge < -0.3 is 19.5 Å². The summed E-state index contributed by atoms with van der Waals surface area (Å²) in [4.78, 5) is 25.8. The zero-order valence-corrected chi connectivity index (χ0v) is 18.5. The van der Waals surface area contributed by atoms with E-state index in [2.05, 4.69) is 30.5 Å². The Bertz CT molecular complexity index is 1180. The van der Waals surface area contributed by atoms with Crippen LogP contribution in [0.25, 0.3) is 0 Å². The molecule has 3 aromatic rings. The highest BCUT2D eigenvalue weighted by Crippen LogP contribution is 2.31. The Balaban J connectivity index is 1.25. The van der Waals surface area contributed by atoms with Crippen molar-refractivity contribution in [3.05, 3.63) is 52.0 Å². The van der Waals surface area contributed by atoms with Crippen molar-refractivity contribution >= 4 is 11.6 Å². The van der Waals surface area contributed by atoms with Gasteiger partial charge in [-0.1, -0.05) is 5.16 Å². The molecule has 1 atom stereocenters. The molecule has 35 heavy (non-hydrogen) atoms. The third-order valence-electron chi connectivity index (χ3n) is 5.37. The minimum Gasteiger partial charge on any atom is -0.378 e. The molecule has 0 bridgehead atoms. The number of halogens is 4. The Morgan fingerprint density at radius 2 is 1.97 bits per heavy atom. The van der Waals surface area contributed by atoms with Gasteiger partial charge in [-0.25, -0.2) is 19.5 Å². The zero-order chi connectivity index (χ0) is 25.0. The summed E-state index contributed by atoms with van der Waals surface area (Å²) in [5, 5.41) is 11.8. The van der Waals surface area contributed by atoms with Crippen LogP contribution in [-0.4, -0.2) is 56.0 Å². The Kier molecular flexibility index (Phi) is 7.23. The van der Waals surface area contributed by atoms with Crippen LogP contribution in [0.3, 0.4) is 0 Å². The first-order valence-corrected chi connectivity index (χ1v) is 10.7. The molecule has 0 radical (unpaired) electrons. The smallest absolute Gasteiger partial charge is 0.378 e. The van der Waals surface area contributed by atoms with Crippen LogP contribution in [0.15, 0.2) is 27.9 Å². The van der Waals surface area contributed by atoms with Gasteiger partial charge >= 0.3 is 6.18 Å². The lowest BCUT2D eigenvalue weighted by Gasteiger charge is -2.30. The largest absolute Gasteiger partial charge is 0.423 e. The first-order valence-electron chi connectivity index (χ1n) is 10.7. The van der Waals surface area contributed by atoms with Crippen molar-refractivity contribution in [3.63, 3.8) is 0 Å². The molecule has 11 nitrogen and oxygen atoms in total. The number of nitrogens with one attached hydrogen (secondary N) is 2. The highest BCUT2D eigenvalue weighted by molar-refractivity contribution is 5.50. The molecule has 188 valence electrons. The van der Waals surface area contributed by atoms with Crippen LogP contribution in [0, 0.1) is 5.82 Å². The molecule has 4 heterocycles. The van der Waals surface area contributed by atoms with Crippen LogP contribution < -0.4 is 15.8 Å². The van der Waals surface area contributed by atoms with Gasteiger partial charge in [-0.3, -0.25) is 4.79 Å². The molecule has 0 aliphatic carbocycles. The first-order chi connectivity index (χ1) is 16.7. The minimum atomic E-state index is -4.83. The van der Waals surface area contributed by atoms with Gasteiger partial charge in [0, 0.05) is 25.0 Å². The number of piperidine rings is 1. The fraction of sp³-hybridized carbons (Fsp3) is 0.500. The maximum atomic E-state index is 13.1. The number of aromatic nitrogens is 6. The maximum Gasteiger partial charge on any atom is 0.423 e. The number of hydrogen-bond acceptors (Lipinski definition) is 10. The second kappa shape index (κ2) is 10.3. The normalized spacial score (nSPS) is 15.9. The summed E-state index contributed by atoms with van der Waals surface area (Å²) in [7, 11) is 0. The molecule has 0 aromatic carbocycles. The van der Waals surface area contributed by atoms with Gasteiger partial charge in [-0.2, -0.15) is 23.3 Å². The molecule has 1 aliphatic heterocycles. The quantitative estimate of drug-likeness (QED) is 0.446. The van der Waals surface area contributed by atoms with Crippen LogP contribution in [0.5, 0.6) is 0 Å². The molecular weight excluding hydrogens is 476 g/mol. The van der Waals surface area contributed by atoms with Crippen molar-refractivity contribution < 1.29 is 26.8 Å². The predicted octanol–water partition coefficient (Wildman–Crippen LogP) is 2.50. The molecule has 1 unspecified atom stereocenters. The second-order valence-electron chi connectivity index (χ2n) is 8.05. The number of hydrogen-bond donors (Lipinski definition) is 2. The molecule has 15 heteroatoms. The average molecular weight is 498 g/mol. The number of alkyl halides is 3. The van der Waals surface area contributed by atoms with Crippen molar-refractivity contribution in [3.8, 4) is 0 Å². The van der Waals surface area contributed by atoms with E-state index in [0.29, 0.717) is 24.9 Å². The summed E-state index contributed by atoms with van der Waals surface area (Å²) >= 11 is 0. The van der Waals surface area contributed by atoms with E-state index in [0.717, 1.165) is 31.4 Å². The minimum absolute atomic E-state index is 0.0118. The summed E-state index contributed by atoms with van der Waals surface area (Å²) in [5.74, 6) is 0.820. The number of nitrogens with zero attached hydrogens (tertiary/aromatic N) is 6. The van der Waals surface area contributed by atoms with Crippen molar-refractivity contribution in [1.82, 2.24) is 30.3 Å². The van der Waals surface area contributed by atoms with Crippen LogP contribution >= 0.6 is 0 Å². The van der Waals surface area contributed by atoms with Crippen molar-refractivity contribution in [2.45, 2.75) is 44.5 Å². The van der Waals surface area contributed by atoms with Crippen LogP contribution in [0.4, 0.5) is 29.2 Å². The average Bonchev–Trinajstić information content (AvgIpc) is 3.28. The summed E-state index contributed by atoms with van der Waals surface area (Å²) in [6.07, 6.45) is -0.218. The summed E-state index contributed by atoms with van der Waals surface area (Å²) in [6.45, 7) is 2.88. The van der Waals surface area contributed by atoms with E-state index in [1.165, 1.54) is 0 Å². The Morgan fingerprint density at radius 1 is 1.26 bits per heavy atom. The van der Waals surface area contributed by atoms with Crippen molar-refractivity contribution in [2.75, 3.05) is 29.9 Å². The predicted molar refractivity (Wildman–Crippen MR) is 113 cm³/mol. The first kappa shape index (κ1) is 24.5. The second-order valence-corrected chi connectivity index (χ2v) is 8.05. The molecule has 0 saturated carbocycles. The lowest BCUT2D eigenvalue weighted by molar-refractivity contribution is -0.138. The fourth-order valence-corrected chi connectivity index (χ4v) is 3.72. The standard InChI is InChI=1S/C20H22F4N8O3/c1-11(28-14-8-27-30-18(33)16(14)20(22,23)24)9-34-10-15-29-17(31-35-15)12-2-4-32(5-3-12)19-25-6-13(21)7-26-19/h6-8,11-12H,2-5,9-10H2,1H3,(H2,28,30,33). The van der Waals surface area contributed by atoms with Gasteiger partial charge in [0.05, 0.1) is 30.9 Å². The molecule has 2 N–H and O–H groups in total. The monoisotopic (exact) mass is 498 g/mol. The fourth-order valence-electron chi connectivity index (χ4n) is 3.72. The summed E-state index contributed by atoms with van der Waals surface area (Å²) in [6, 6.07) is -0.569. The van der Waals surface area contributed by atoms with E-state index in [1.54, 1.807) is 12.0 Å². The van der Waals surface area contributed by atoms with Crippen molar-refractivity contribution in [1.29, 1.82) is 0 Å². The van der Waals surface area contributed by atoms with Crippen LogP contribution in [0.2, 0.25) is 0 Å².